The Balaban J connectivity index is 1.72. The Morgan fingerprint density at radius 1 is 1.30 bits per heavy atom. The van der Waals surface area contributed by atoms with Crippen LogP contribution in [0.2, 0.25) is 5.02 Å². The van der Waals surface area contributed by atoms with Crippen molar-refractivity contribution < 1.29 is 4.79 Å². The molecule has 0 saturated carbocycles. The summed E-state index contributed by atoms with van der Waals surface area (Å²) < 4.78 is 0. The predicted octanol–water partition coefficient (Wildman–Crippen LogP) is 3.95. The maximum Gasteiger partial charge on any atom is 0.291 e. The maximum atomic E-state index is 12.1. The van der Waals surface area contributed by atoms with Crippen molar-refractivity contribution in [2.24, 2.45) is 5.10 Å². The van der Waals surface area contributed by atoms with Gasteiger partial charge in [0.1, 0.15) is 0 Å². The molecule has 0 aliphatic carbocycles. The number of benzene rings is 1. The molecule has 3 aromatic rings. The normalized spacial score (nSPS) is 11.5. The van der Waals surface area contributed by atoms with Gasteiger partial charge in [0.25, 0.3) is 5.91 Å². The van der Waals surface area contributed by atoms with Gasteiger partial charge in [-0.15, -0.1) is 11.3 Å². The molecule has 0 radical (unpaired) electrons. The molecule has 0 unspecified atom stereocenters. The summed E-state index contributed by atoms with van der Waals surface area (Å²) in [7, 11) is 0. The lowest BCUT2D eigenvalue weighted by molar-refractivity contribution is 0.0950. The maximum absolute atomic E-state index is 12.1. The Morgan fingerprint density at radius 3 is 2.87 bits per heavy atom. The number of carbonyl (C=O) groups excluding carboxylic acids is 1. The van der Waals surface area contributed by atoms with E-state index in [-0.39, 0.29) is 11.6 Å². The second-order valence-electron chi connectivity index (χ2n) is 4.76. The van der Waals surface area contributed by atoms with Gasteiger partial charge in [0, 0.05) is 10.6 Å². The SMILES string of the molecule is C/C(=N/NC(=O)c1cc(-c2cccs2)[nH]n1)c1ccccc1Cl. The average Bonchev–Trinajstić information content (AvgIpc) is 3.23. The van der Waals surface area contributed by atoms with Crippen LogP contribution in [0.15, 0.2) is 52.9 Å². The van der Waals surface area contributed by atoms with E-state index in [2.05, 4.69) is 20.7 Å². The summed E-state index contributed by atoms with van der Waals surface area (Å²) in [4.78, 5) is 13.1. The van der Waals surface area contributed by atoms with Crippen LogP contribution in [0, 0.1) is 0 Å². The highest BCUT2D eigenvalue weighted by Crippen LogP contribution is 2.22. The van der Waals surface area contributed by atoms with Gasteiger partial charge in [0.2, 0.25) is 0 Å². The monoisotopic (exact) mass is 344 g/mol. The van der Waals surface area contributed by atoms with Crippen molar-refractivity contribution in [3.8, 4) is 10.6 Å². The predicted molar refractivity (Wildman–Crippen MR) is 93.0 cm³/mol. The summed E-state index contributed by atoms with van der Waals surface area (Å²) in [5.41, 5.74) is 4.98. The number of carbonyl (C=O) groups is 1. The molecule has 0 spiro atoms. The van der Waals surface area contributed by atoms with Gasteiger partial charge in [-0.3, -0.25) is 9.89 Å². The molecule has 0 bridgehead atoms. The highest BCUT2D eigenvalue weighted by molar-refractivity contribution is 7.13. The molecule has 2 heterocycles. The average molecular weight is 345 g/mol. The van der Waals surface area contributed by atoms with Crippen LogP contribution in [0.25, 0.3) is 10.6 Å². The van der Waals surface area contributed by atoms with E-state index in [9.17, 15) is 4.79 Å². The van der Waals surface area contributed by atoms with E-state index in [1.807, 2.05) is 35.7 Å². The second kappa shape index (κ2) is 6.76. The van der Waals surface area contributed by atoms with Crippen LogP contribution in [0.1, 0.15) is 23.0 Å². The fourth-order valence-electron chi connectivity index (χ4n) is 2.00. The van der Waals surface area contributed by atoms with Crippen LogP contribution < -0.4 is 5.43 Å². The summed E-state index contributed by atoms with van der Waals surface area (Å²) in [5.74, 6) is -0.379. The van der Waals surface area contributed by atoms with Gasteiger partial charge in [-0.05, 0) is 30.5 Å². The minimum absolute atomic E-state index is 0.282. The second-order valence-corrected chi connectivity index (χ2v) is 6.12. The third-order valence-electron chi connectivity index (χ3n) is 3.19. The number of hydrogen-bond donors (Lipinski definition) is 2. The molecule has 116 valence electrons. The van der Waals surface area contributed by atoms with E-state index in [1.165, 1.54) is 0 Å². The summed E-state index contributed by atoms with van der Waals surface area (Å²) in [6.45, 7) is 1.78. The van der Waals surface area contributed by atoms with Crippen molar-refractivity contribution in [2.75, 3.05) is 0 Å². The van der Waals surface area contributed by atoms with E-state index < -0.39 is 0 Å². The van der Waals surface area contributed by atoms with Gasteiger partial charge in [-0.25, -0.2) is 5.43 Å². The minimum Gasteiger partial charge on any atom is -0.276 e. The van der Waals surface area contributed by atoms with Crippen molar-refractivity contribution in [1.29, 1.82) is 0 Å². The number of amides is 1. The highest BCUT2D eigenvalue weighted by Gasteiger charge is 2.12. The first kappa shape index (κ1) is 15.5. The number of thiophene rings is 1. The molecule has 1 aromatic carbocycles. The van der Waals surface area contributed by atoms with Crippen LogP contribution in [-0.4, -0.2) is 21.8 Å². The summed E-state index contributed by atoms with van der Waals surface area (Å²) >= 11 is 7.68. The molecule has 0 atom stereocenters. The summed E-state index contributed by atoms with van der Waals surface area (Å²) in [6.07, 6.45) is 0. The quantitative estimate of drug-likeness (QED) is 0.555. The molecule has 23 heavy (non-hydrogen) atoms. The van der Waals surface area contributed by atoms with E-state index in [1.54, 1.807) is 30.4 Å². The van der Waals surface area contributed by atoms with Gasteiger partial charge in [-0.2, -0.15) is 10.2 Å². The molecule has 7 heteroatoms. The Hall–Kier alpha value is -2.44. The number of nitrogens with one attached hydrogen (secondary N) is 2. The van der Waals surface area contributed by atoms with Gasteiger partial charge >= 0.3 is 0 Å². The standard InChI is InChI=1S/C16H13ClN4OS/c1-10(11-5-2-3-6-12(11)17)18-21-16(22)14-9-13(19-20-14)15-7-4-8-23-15/h2-9H,1H3,(H,19,20)(H,21,22)/b18-10-. The van der Waals surface area contributed by atoms with Crippen molar-refractivity contribution in [3.63, 3.8) is 0 Å². The van der Waals surface area contributed by atoms with Crippen molar-refractivity contribution in [2.45, 2.75) is 6.92 Å². The minimum atomic E-state index is -0.379. The lowest BCUT2D eigenvalue weighted by Gasteiger charge is -2.03. The van der Waals surface area contributed by atoms with Gasteiger partial charge in [-0.1, -0.05) is 35.9 Å². The third kappa shape index (κ3) is 3.49. The van der Waals surface area contributed by atoms with Crippen LogP contribution in [-0.2, 0) is 0 Å². The Morgan fingerprint density at radius 2 is 2.13 bits per heavy atom. The van der Waals surface area contributed by atoms with E-state index in [0.717, 1.165) is 16.1 Å². The first-order valence-electron chi connectivity index (χ1n) is 6.84. The smallest absolute Gasteiger partial charge is 0.276 e. The van der Waals surface area contributed by atoms with Gasteiger partial charge in [0.15, 0.2) is 5.69 Å². The van der Waals surface area contributed by atoms with Gasteiger partial charge in [0.05, 0.1) is 16.3 Å². The zero-order chi connectivity index (χ0) is 16.2. The zero-order valence-electron chi connectivity index (χ0n) is 12.2. The summed E-state index contributed by atoms with van der Waals surface area (Å²) in [6, 6.07) is 12.9. The fourth-order valence-corrected chi connectivity index (χ4v) is 2.97. The molecule has 0 aliphatic heterocycles. The number of H-pyrrole nitrogens is 1. The number of rotatable bonds is 4. The number of hydrazone groups is 1. The van der Waals surface area contributed by atoms with E-state index >= 15 is 0 Å². The zero-order valence-corrected chi connectivity index (χ0v) is 13.8. The first-order valence-corrected chi connectivity index (χ1v) is 8.10. The Bertz CT molecular complexity index is 855. The molecule has 2 N–H and O–H groups in total. The number of nitrogens with zero attached hydrogens (tertiary/aromatic N) is 2. The lowest BCUT2D eigenvalue weighted by atomic mass is 10.1. The third-order valence-corrected chi connectivity index (χ3v) is 4.42. The molecule has 2 aromatic heterocycles. The largest absolute Gasteiger partial charge is 0.291 e. The van der Waals surface area contributed by atoms with E-state index in [0.29, 0.717) is 10.7 Å². The number of aromatic amines is 1. The molecule has 0 aliphatic rings. The number of aromatic nitrogens is 2. The lowest BCUT2D eigenvalue weighted by Crippen LogP contribution is -2.19. The number of hydrogen-bond acceptors (Lipinski definition) is 4. The molecule has 1 amide bonds. The number of halogens is 1. The van der Waals surface area contributed by atoms with Gasteiger partial charge < -0.3 is 0 Å². The van der Waals surface area contributed by atoms with Crippen molar-refractivity contribution in [3.05, 3.63) is 64.1 Å². The fraction of sp³-hybridized carbons (Fsp3) is 0.0625. The molecule has 0 saturated heterocycles. The topological polar surface area (TPSA) is 70.1 Å². The Labute approximate surface area is 142 Å². The van der Waals surface area contributed by atoms with E-state index in [4.69, 9.17) is 11.6 Å². The molecular formula is C16H13ClN4OS. The first-order chi connectivity index (χ1) is 11.1. The van der Waals surface area contributed by atoms with Crippen molar-refractivity contribution in [1.82, 2.24) is 15.6 Å². The van der Waals surface area contributed by atoms with Crippen molar-refractivity contribution >= 4 is 34.6 Å². The van der Waals surface area contributed by atoms with Crippen LogP contribution in [0.5, 0.6) is 0 Å². The Kier molecular flexibility index (Phi) is 4.55. The summed E-state index contributed by atoms with van der Waals surface area (Å²) in [5, 5.41) is 13.5. The van der Waals surface area contributed by atoms with Crippen LogP contribution in [0.3, 0.4) is 0 Å². The molecule has 5 nitrogen and oxygen atoms in total. The van der Waals surface area contributed by atoms with Crippen LogP contribution >= 0.6 is 22.9 Å². The molecular weight excluding hydrogens is 332 g/mol. The highest BCUT2D eigenvalue weighted by atomic mass is 35.5. The molecule has 0 fully saturated rings. The molecule has 3 rings (SSSR count). The van der Waals surface area contributed by atoms with Crippen LogP contribution in [0.4, 0.5) is 0 Å².